The summed E-state index contributed by atoms with van der Waals surface area (Å²) in [7, 11) is 0. The summed E-state index contributed by atoms with van der Waals surface area (Å²) in [6, 6.07) is 0. The van der Waals surface area contributed by atoms with E-state index >= 15 is 0 Å². The van der Waals surface area contributed by atoms with Crippen LogP contribution in [0.3, 0.4) is 0 Å². The molecular weight excluding hydrogens is 272 g/mol. The number of carbonyl (C=O) groups excluding carboxylic acids is 1. The van der Waals surface area contributed by atoms with Crippen molar-refractivity contribution in [2.45, 2.75) is 47.0 Å². The van der Waals surface area contributed by atoms with Crippen LogP contribution in [0.1, 0.15) is 47.0 Å². The normalized spacial score (nSPS) is 11.4. The summed E-state index contributed by atoms with van der Waals surface area (Å²) in [4.78, 5) is 15.2. The Hall–Kier alpha value is -1.90. The fourth-order valence-electron chi connectivity index (χ4n) is 1.65. The maximum absolute atomic E-state index is 11.5. The Morgan fingerprint density at radius 3 is 2.32 bits per heavy atom. The van der Waals surface area contributed by atoms with Gasteiger partial charge in [-0.1, -0.05) is 65.3 Å². The largest absolute Gasteiger partial charge is 0.349 e. The van der Waals surface area contributed by atoms with Gasteiger partial charge in [0.15, 0.2) is 0 Å². The van der Waals surface area contributed by atoms with Crippen molar-refractivity contribution >= 4 is 12.6 Å². The van der Waals surface area contributed by atoms with Crippen molar-refractivity contribution in [1.82, 2.24) is 5.32 Å². The van der Waals surface area contributed by atoms with Gasteiger partial charge in [0.2, 0.25) is 5.91 Å². The van der Waals surface area contributed by atoms with E-state index in [9.17, 15) is 4.79 Å². The molecule has 0 fully saturated rings. The minimum absolute atomic E-state index is 0.131. The van der Waals surface area contributed by atoms with Crippen LogP contribution in [-0.4, -0.2) is 19.2 Å². The summed E-state index contributed by atoms with van der Waals surface area (Å²) in [6.45, 7) is 15.9. The molecule has 3 heteroatoms. The van der Waals surface area contributed by atoms with Crippen molar-refractivity contribution in [2.24, 2.45) is 10.9 Å². The average molecular weight is 304 g/mol. The molecule has 0 radical (unpaired) electrons. The predicted octanol–water partition coefficient (Wildman–Crippen LogP) is 4.84. The molecule has 22 heavy (non-hydrogen) atoms. The predicted molar refractivity (Wildman–Crippen MR) is 99.2 cm³/mol. The second kappa shape index (κ2) is 17.2. The third-order valence-electron chi connectivity index (χ3n) is 3.09. The smallest absolute Gasteiger partial charge is 0.244 e. The Balaban J connectivity index is 0. The van der Waals surface area contributed by atoms with E-state index in [0.717, 1.165) is 17.9 Å². The van der Waals surface area contributed by atoms with Crippen LogP contribution in [0.4, 0.5) is 0 Å². The number of nitrogens with zero attached hydrogens (tertiary/aromatic N) is 1. The standard InChI is InChI=1S/C17H26N2O.C2H6/c1-5-15(6-2)10-8-9-13-19-17(20)12-11-16(7-3)14-18-4;1-2/h7-9,11-12,14-15H,3-6,10,13H2,1-2H3,(H,19,20);1-2H3/b9-8+,12-11+,16-14+;. The molecule has 0 aliphatic rings. The van der Waals surface area contributed by atoms with Crippen LogP contribution in [0.2, 0.25) is 0 Å². The van der Waals surface area contributed by atoms with Gasteiger partial charge in [0.05, 0.1) is 0 Å². The van der Waals surface area contributed by atoms with E-state index in [0.29, 0.717) is 6.54 Å². The van der Waals surface area contributed by atoms with Gasteiger partial charge >= 0.3 is 0 Å². The Bertz CT molecular complexity index is 388. The minimum Gasteiger partial charge on any atom is -0.349 e. The summed E-state index contributed by atoms with van der Waals surface area (Å²) < 4.78 is 0. The molecule has 0 atom stereocenters. The maximum Gasteiger partial charge on any atom is 0.244 e. The Morgan fingerprint density at radius 1 is 1.18 bits per heavy atom. The van der Waals surface area contributed by atoms with Gasteiger partial charge in [-0.2, -0.15) is 0 Å². The summed E-state index contributed by atoms with van der Waals surface area (Å²) in [6.07, 6.45) is 13.9. The molecule has 0 aromatic heterocycles. The minimum atomic E-state index is -0.131. The van der Waals surface area contributed by atoms with Crippen LogP contribution in [0, 0.1) is 5.92 Å². The van der Waals surface area contributed by atoms with E-state index in [1.165, 1.54) is 18.9 Å². The van der Waals surface area contributed by atoms with Crippen LogP contribution in [0.5, 0.6) is 0 Å². The number of hydrogen-bond donors (Lipinski definition) is 1. The molecule has 0 spiro atoms. The summed E-state index contributed by atoms with van der Waals surface area (Å²) >= 11 is 0. The van der Waals surface area contributed by atoms with Gasteiger partial charge in [0.25, 0.3) is 0 Å². The van der Waals surface area contributed by atoms with E-state index in [1.54, 1.807) is 18.4 Å². The van der Waals surface area contributed by atoms with Gasteiger partial charge in [-0.25, -0.2) is 0 Å². The number of rotatable bonds is 10. The van der Waals surface area contributed by atoms with E-state index in [2.05, 4.69) is 43.5 Å². The summed E-state index contributed by atoms with van der Waals surface area (Å²) in [5.41, 5.74) is 0.749. The number of allylic oxidation sites excluding steroid dienone is 4. The van der Waals surface area contributed by atoms with Crippen molar-refractivity contribution in [1.29, 1.82) is 0 Å². The van der Waals surface area contributed by atoms with E-state index < -0.39 is 0 Å². The second-order valence-corrected chi connectivity index (χ2v) is 4.48. The summed E-state index contributed by atoms with van der Waals surface area (Å²) in [5, 5.41) is 2.79. The second-order valence-electron chi connectivity index (χ2n) is 4.48. The SMILES string of the molecule is C=CC(/C=C/C(=O)NC/C=C/CC(CC)CC)=C\N=C.CC. The highest BCUT2D eigenvalue weighted by molar-refractivity contribution is 5.88. The molecule has 0 aromatic carbocycles. The number of hydrogen-bond acceptors (Lipinski definition) is 2. The monoisotopic (exact) mass is 304 g/mol. The fourth-order valence-corrected chi connectivity index (χ4v) is 1.65. The first-order chi connectivity index (χ1) is 10.7. The highest BCUT2D eigenvalue weighted by Crippen LogP contribution is 2.12. The molecule has 0 bridgehead atoms. The van der Waals surface area contributed by atoms with Crippen LogP contribution in [0.25, 0.3) is 0 Å². The lowest BCUT2D eigenvalue weighted by atomic mass is 9.99. The molecule has 124 valence electrons. The van der Waals surface area contributed by atoms with Gasteiger partial charge in [0, 0.05) is 18.8 Å². The molecule has 1 N–H and O–H groups in total. The first-order valence-electron chi connectivity index (χ1n) is 8.07. The zero-order chi connectivity index (χ0) is 17.2. The molecule has 0 rings (SSSR count). The van der Waals surface area contributed by atoms with Crippen molar-refractivity contribution in [3.05, 3.63) is 48.7 Å². The molecule has 3 nitrogen and oxygen atoms in total. The number of nitrogens with one attached hydrogen (secondary N) is 1. The van der Waals surface area contributed by atoms with Gasteiger partial charge in [-0.3, -0.25) is 9.79 Å². The maximum atomic E-state index is 11.5. The van der Waals surface area contributed by atoms with Gasteiger partial charge < -0.3 is 5.32 Å². The van der Waals surface area contributed by atoms with Gasteiger partial charge in [0.1, 0.15) is 0 Å². The Morgan fingerprint density at radius 2 is 1.82 bits per heavy atom. The fraction of sp³-hybridized carbons (Fsp3) is 0.474. The zero-order valence-electron chi connectivity index (χ0n) is 14.6. The molecule has 0 aliphatic heterocycles. The van der Waals surface area contributed by atoms with Crippen LogP contribution in [-0.2, 0) is 4.79 Å². The van der Waals surface area contributed by atoms with Crippen molar-refractivity contribution < 1.29 is 4.79 Å². The topological polar surface area (TPSA) is 41.5 Å². The highest BCUT2D eigenvalue weighted by atomic mass is 16.1. The molecule has 1 amide bonds. The highest BCUT2D eigenvalue weighted by Gasteiger charge is 1.99. The first kappa shape index (κ1) is 22.4. The van der Waals surface area contributed by atoms with E-state index in [-0.39, 0.29) is 5.91 Å². The third-order valence-corrected chi connectivity index (χ3v) is 3.09. The van der Waals surface area contributed by atoms with Crippen molar-refractivity contribution in [3.8, 4) is 0 Å². The molecular formula is C19H32N2O. The Labute approximate surface area is 136 Å². The Kier molecular flexibility index (Phi) is 17.5. The van der Waals surface area contributed by atoms with Crippen LogP contribution < -0.4 is 5.32 Å². The lowest BCUT2D eigenvalue weighted by Gasteiger charge is -2.07. The van der Waals surface area contributed by atoms with Crippen molar-refractivity contribution in [2.75, 3.05) is 6.54 Å². The molecule has 0 saturated heterocycles. The molecule has 0 saturated carbocycles. The van der Waals surface area contributed by atoms with E-state index in [1.807, 2.05) is 19.9 Å². The number of aliphatic imine (C=N–C) groups is 1. The van der Waals surface area contributed by atoms with Crippen LogP contribution in [0.15, 0.2) is 53.7 Å². The number of carbonyl (C=O) groups is 1. The molecule has 0 unspecified atom stereocenters. The molecule has 0 aromatic rings. The number of amides is 1. The van der Waals surface area contributed by atoms with Gasteiger partial charge in [-0.15, -0.1) is 0 Å². The van der Waals surface area contributed by atoms with Gasteiger partial charge in [-0.05, 0) is 30.7 Å². The quantitative estimate of drug-likeness (QED) is 0.267. The van der Waals surface area contributed by atoms with Crippen LogP contribution >= 0.6 is 0 Å². The third kappa shape index (κ3) is 13.1. The van der Waals surface area contributed by atoms with Crippen molar-refractivity contribution in [3.63, 3.8) is 0 Å². The first-order valence-corrected chi connectivity index (χ1v) is 8.07. The zero-order valence-corrected chi connectivity index (χ0v) is 14.6. The van der Waals surface area contributed by atoms with E-state index in [4.69, 9.17) is 0 Å². The molecule has 0 heterocycles. The average Bonchev–Trinajstić information content (AvgIpc) is 2.56. The summed E-state index contributed by atoms with van der Waals surface area (Å²) in [5.74, 6) is 0.613. The lowest BCUT2D eigenvalue weighted by molar-refractivity contribution is -0.116. The lowest BCUT2D eigenvalue weighted by Crippen LogP contribution is -2.20. The molecule has 0 aliphatic carbocycles.